The predicted octanol–water partition coefficient (Wildman–Crippen LogP) is 4.24. The fraction of sp³-hybridized carbons (Fsp3) is 0.0769. The average molecular weight is 467 g/mol. The molecular weight excluding hydrogens is 446 g/mol. The Balaban J connectivity index is 1.40. The number of nitrogen functional groups attached to an aromatic ring is 1. The normalized spacial score (nSPS) is 12.8. The minimum atomic E-state index is -1.55. The molecule has 5 rings (SSSR count). The van der Waals surface area contributed by atoms with Crippen molar-refractivity contribution in [1.29, 1.82) is 0 Å². The maximum Gasteiger partial charge on any atom is 0.323 e. The molecule has 0 aliphatic heterocycles. The number of oxazole rings is 1. The molecule has 1 atom stereocenters. The monoisotopic (exact) mass is 467 g/mol. The molecule has 0 saturated heterocycles. The molecule has 4 N–H and O–H groups in total. The van der Waals surface area contributed by atoms with Crippen molar-refractivity contribution < 1.29 is 19.1 Å². The summed E-state index contributed by atoms with van der Waals surface area (Å²) in [6.45, 7) is 1.52. The van der Waals surface area contributed by atoms with E-state index < -0.39 is 17.3 Å². The van der Waals surface area contributed by atoms with Gasteiger partial charge in [0.25, 0.3) is 5.91 Å². The fourth-order valence-electron chi connectivity index (χ4n) is 3.76. The molecule has 3 aromatic carbocycles. The second-order valence-electron chi connectivity index (χ2n) is 8.16. The largest absolute Gasteiger partial charge is 0.480 e. The van der Waals surface area contributed by atoms with E-state index in [2.05, 4.69) is 15.4 Å². The molecule has 5 aromatic rings. The third-order valence-corrected chi connectivity index (χ3v) is 5.87. The second-order valence-corrected chi connectivity index (χ2v) is 8.16. The molecule has 0 aliphatic carbocycles. The highest BCUT2D eigenvalue weighted by Gasteiger charge is 2.42. The summed E-state index contributed by atoms with van der Waals surface area (Å²) >= 11 is 0. The summed E-state index contributed by atoms with van der Waals surface area (Å²) in [5, 5.41) is 17.1. The predicted molar refractivity (Wildman–Crippen MR) is 130 cm³/mol. The van der Waals surface area contributed by atoms with E-state index in [0.29, 0.717) is 27.9 Å². The summed E-state index contributed by atoms with van der Waals surface area (Å²) in [4.78, 5) is 29.5. The molecular formula is C26H21N5O4. The van der Waals surface area contributed by atoms with Gasteiger partial charge < -0.3 is 20.6 Å². The molecule has 0 radical (unpaired) electrons. The van der Waals surface area contributed by atoms with Crippen molar-refractivity contribution in [2.75, 3.05) is 11.1 Å². The number of carbonyl (C=O) groups is 2. The Morgan fingerprint density at radius 3 is 2.37 bits per heavy atom. The highest BCUT2D eigenvalue weighted by Crippen LogP contribution is 2.34. The van der Waals surface area contributed by atoms with Crippen LogP contribution in [0.5, 0.6) is 0 Å². The summed E-state index contributed by atoms with van der Waals surface area (Å²) in [6.07, 6.45) is 1.62. The summed E-state index contributed by atoms with van der Waals surface area (Å²) in [7, 11) is 0. The van der Waals surface area contributed by atoms with E-state index >= 15 is 0 Å². The van der Waals surface area contributed by atoms with Crippen molar-refractivity contribution in [2.45, 2.75) is 12.3 Å². The zero-order valence-electron chi connectivity index (χ0n) is 18.7. The van der Waals surface area contributed by atoms with Crippen molar-refractivity contribution in [3.63, 3.8) is 0 Å². The van der Waals surface area contributed by atoms with Crippen LogP contribution in [-0.4, -0.2) is 31.7 Å². The molecule has 174 valence electrons. The summed E-state index contributed by atoms with van der Waals surface area (Å²) in [5.74, 6) is -1.27. The minimum Gasteiger partial charge on any atom is -0.480 e. The topological polar surface area (TPSA) is 136 Å². The fourth-order valence-corrected chi connectivity index (χ4v) is 3.76. The van der Waals surface area contributed by atoms with Gasteiger partial charge in [-0.3, -0.25) is 9.59 Å². The Hall–Kier alpha value is -4.92. The number of rotatable bonds is 6. The van der Waals surface area contributed by atoms with Gasteiger partial charge in [-0.2, -0.15) is 0 Å². The molecule has 1 unspecified atom stereocenters. The first kappa shape index (κ1) is 21.9. The van der Waals surface area contributed by atoms with Gasteiger partial charge in [0, 0.05) is 5.56 Å². The van der Waals surface area contributed by atoms with Gasteiger partial charge in [-0.15, -0.1) is 5.10 Å². The number of nitrogens with zero attached hydrogens (tertiary/aromatic N) is 3. The lowest BCUT2D eigenvalue weighted by molar-refractivity contribution is -0.142. The summed E-state index contributed by atoms with van der Waals surface area (Å²) < 4.78 is 7.34. The number of anilines is 2. The van der Waals surface area contributed by atoms with Crippen LogP contribution in [-0.2, 0) is 10.2 Å². The molecule has 35 heavy (non-hydrogen) atoms. The lowest BCUT2D eigenvalue weighted by atomic mass is 9.82. The average Bonchev–Trinajstić information content (AvgIpc) is 3.48. The number of benzene rings is 3. The van der Waals surface area contributed by atoms with E-state index in [9.17, 15) is 14.7 Å². The van der Waals surface area contributed by atoms with Gasteiger partial charge in [-0.1, -0.05) is 42.5 Å². The van der Waals surface area contributed by atoms with Gasteiger partial charge in [0.2, 0.25) is 5.89 Å². The van der Waals surface area contributed by atoms with E-state index in [1.54, 1.807) is 59.4 Å². The molecule has 1 amide bonds. The van der Waals surface area contributed by atoms with Crippen LogP contribution in [0.25, 0.3) is 16.8 Å². The molecule has 0 saturated carbocycles. The van der Waals surface area contributed by atoms with Crippen LogP contribution in [0.1, 0.15) is 28.7 Å². The summed E-state index contributed by atoms with van der Waals surface area (Å²) in [6, 6.07) is 22.7. The van der Waals surface area contributed by atoms with Crippen LogP contribution in [0.4, 0.5) is 11.5 Å². The van der Waals surface area contributed by atoms with Gasteiger partial charge in [-0.25, -0.2) is 9.67 Å². The number of nitrogens with one attached hydrogen (secondary N) is 1. The molecule has 0 spiro atoms. The Kier molecular flexibility index (Phi) is 5.29. The number of aliphatic carboxylic acids is 1. The quantitative estimate of drug-likeness (QED) is 0.340. The van der Waals surface area contributed by atoms with Crippen molar-refractivity contribution >= 4 is 34.5 Å². The first-order valence-electron chi connectivity index (χ1n) is 10.8. The number of hydrogen-bond donors (Lipinski definition) is 3. The number of para-hydroxylation sites is 3. The zero-order chi connectivity index (χ0) is 24.6. The van der Waals surface area contributed by atoms with Gasteiger partial charge in [-0.05, 0) is 48.9 Å². The van der Waals surface area contributed by atoms with Gasteiger partial charge >= 0.3 is 5.97 Å². The van der Waals surface area contributed by atoms with E-state index in [-0.39, 0.29) is 11.7 Å². The number of amides is 1. The third-order valence-electron chi connectivity index (χ3n) is 5.87. The molecule has 0 fully saturated rings. The Morgan fingerprint density at radius 1 is 1.00 bits per heavy atom. The Morgan fingerprint density at radius 2 is 1.69 bits per heavy atom. The number of hydrogen-bond acceptors (Lipinski definition) is 6. The lowest BCUT2D eigenvalue weighted by Crippen LogP contribution is -2.34. The Bertz CT molecular complexity index is 1510. The lowest BCUT2D eigenvalue weighted by Gasteiger charge is -2.21. The first-order valence-corrected chi connectivity index (χ1v) is 10.8. The number of carboxylic acid groups (broad SMARTS) is 1. The smallest absolute Gasteiger partial charge is 0.323 e. The van der Waals surface area contributed by atoms with Crippen molar-refractivity contribution in [3.05, 3.63) is 102 Å². The SMILES string of the molecule is CC(C(=O)O)(c1ccc(C(=O)Nc2nn(-c3ccccc3)cc2N)cc1)c1nc2ccccc2o1. The van der Waals surface area contributed by atoms with E-state index in [4.69, 9.17) is 10.2 Å². The van der Waals surface area contributed by atoms with Crippen LogP contribution in [0, 0.1) is 0 Å². The first-order chi connectivity index (χ1) is 16.9. The van der Waals surface area contributed by atoms with Crippen LogP contribution >= 0.6 is 0 Å². The second kappa shape index (κ2) is 8.45. The summed E-state index contributed by atoms with van der Waals surface area (Å²) in [5.41, 5.74) is 7.40. The van der Waals surface area contributed by atoms with Gasteiger partial charge in [0.1, 0.15) is 5.52 Å². The van der Waals surface area contributed by atoms with E-state index in [1.807, 2.05) is 30.3 Å². The van der Waals surface area contributed by atoms with Crippen molar-refractivity contribution in [1.82, 2.24) is 14.8 Å². The highest BCUT2D eigenvalue weighted by molar-refractivity contribution is 6.05. The number of carboxylic acids is 1. The van der Waals surface area contributed by atoms with E-state index in [0.717, 1.165) is 5.69 Å². The van der Waals surface area contributed by atoms with Crippen LogP contribution in [0.3, 0.4) is 0 Å². The van der Waals surface area contributed by atoms with Crippen molar-refractivity contribution in [2.24, 2.45) is 0 Å². The molecule has 9 nitrogen and oxygen atoms in total. The van der Waals surface area contributed by atoms with Gasteiger partial charge in [0.15, 0.2) is 16.8 Å². The number of carbonyl (C=O) groups excluding carboxylic acids is 1. The van der Waals surface area contributed by atoms with Crippen LogP contribution in [0.2, 0.25) is 0 Å². The minimum absolute atomic E-state index is 0.0580. The third kappa shape index (κ3) is 3.89. The molecule has 0 bridgehead atoms. The maximum atomic E-state index is 12.8. The number of nitrogens with two attached hydrogens (primary N) is 1. The Labute approximate surface area is 199 Å². The zero-order valence-corrected chi connectivity index (χ0v) is 18.7. The van der Waals surface area contributed by atoms with Crippen molar-refractivity contribution in [3.8, 4) is 5.69 Å². The van der Waals surface area contributed by atoms with Crippen LogP contribution < -0.4 is 11.1 Å². The molecule has 2 aromatic heterocycles. The molecule has 9 heteroatoms. The van der Waals surface area contributed by atoms with Gasteiger partial charge in [0.05, 0.1) is 17.6 Å². The highest BCUT2D eigenvalue weighted by atomic mass is 16.4. The maximum absolute atomic E-state index is 12.8. The molecule has 2 heterocycles. The van der Waals surface area contributed by atoms with Crippen LogP contribution in [0.15, 0.2) is 89.5 Å². The standard InChI is InChI=1S/C26H21N5O4/c1-26(25(33)34,24-28-20-9-5-6-10-21(20)35-24)17-13-11-16(12-14-17)23(32)29-22-19(27)15-31(30-22)18-7-3-2-4-8-18/h2-15H,27H2,1H3,(H,33,34)(H,29,30,32). The van der Waals surface area contributed by atoms with E-state index in [1.165, 1.54) is 6.92 Å². The molecule has 0 aliphatic rings. The number of aromatic nitrogens is 3. The number of fused-ring (bicyclic) bond motifs is 1.